The second-order valence-corrected chi connectivity index (χ2v) is 6.40. The second kappa shape index (κ2) is 6.87. The van der Waals surface area contributed by atoms with Crippen molar-refractivity contribution < 1.29 is 0 Å². The zero-order chi connectivity index (χ0) is 11.2. The van der Waals surface area contributed by atoms with Gasteiger partial charge < -0.3 is 5.32 Å². The third-order valence-corrected chi connectivity index (χ3v) is 5.10. The Morgan fingerprint density at radius 1 is 1.38 bits per heavy atom. The molecule has 1 N–H and O–H groups in total. The molecule has 0 radical (unpaired) electrons. The van der Waals surface area contributed by atoms with Crippen molar-refractivity contribution in [1.82, 2.24) is 10.2 Å². The van der Waals surface area contributed by atoms with Gasteiger partial charge in [-0.1, -0.05) is 6.42 Å². The second-order valence-electron chi connectivity index (χ2n) is 5.25. The summed E-state index contributed by atoms with van der Waals surface area (Å²) in [6.45, 7) is 6.26. The van der Waals surface area contributed by atoms with Crippen molar-refractivity contribution in [2.24, 2.45) is 0 Å². The summed E-state index contributed by atoms with van der Waals surface area (Å²) in [6, 6.07) is 1.63. The van der Waals surface area contributed by atoms with Gasteiger partial charge in [0.1, 0.15) is 0 Å². The third kappa shape index (κ3) is 3.94. The lowest BCUT2D eigenvalue weighted by atomic mass is 10.0. The maximum absolute atomic E-state index is 3.65. The molecule has 2 nitrogen and oxygen atoms in total. The van der Waals surface area contributed by atoms with Gasteiger partial charge in [-0.2, -0.15) is 11.8 Å². The molecule has 2 atom stereocenters. The van der Waals surface area contributed by atoms with Crippen molar-refractivity contribution in [3.8, 4) is 0 Å². The molecule has 0 amide bonds. The Kier molecular flexibility index (Phi) is 5.46. The van der Waals surface area contributed by atoms with E-state index in [4.69, 9.17) is 0 Å². The van der Waals surface area contributed by atoms with Gasteiger partial charge in [0.25, 0.3) is 0 Å². The van der Waals surface area contributed by atoms with Gasteiger partial charge in [-0.3, -0.25) is 4.90 Å². The smallest absolute Gasteiger partial charge is 0.0158 e. The van der Waals surface area contributed by atoms with Crippen LogP contribution in [0.5, 0.6) is 0 Å². The first-order valence-corrected chi connectivity index (χ1v) is 8.07. The molecular formula is C13H26N2S. The summed E-state index contributed by atoms with van der Waals surface area (Å²) < 4.78 is 0. The van der Waals surface area contributed by atoms with Crippen LogP contribution in [-0.2, 0) is 0 Å². The van der Waals surface area contributed by atoms with Crippen LogP contribution in [0.2, 0.25) is 0 Å². The Labute approximate surface area is 105 Å². The van der Waals surface area contributed by atoms with Gasteiger partial charge in [-0.15, -0.1) is 0 Å². The number of piperidine rings is 1. The largest absolute Gasteiger partial charge is 0.314 e. The summed E-state index contributed by atoms with van der Waals surface area (Å²) in [7, 11) is 0. The van der Waals surface area contributed by atoms with E-state index in [2.05, 4.69) is 28.9 Å². The van der Waals surface area contributed by atoms with E-state index >= 15 is 0 Å². The van der Waals surface area contributed by atoms with Crippen LogP contribution in [0.4, 0.5) is 0 Å². The zero-order valence-corrected chi connectivity index (χ0v) is 11.4. The van der Waals surface area contributed by atoms with Crippen LogP contribution in [0.25, 0.3) is 0 Å². The summed E-state index contributed by atoms with van der Waals surface area (Å²) in [5.41, 5.74) is 0. The summed E-state index contributed by atoms with van der Waals surface area (Å²) in [5.74, 6) is 2.67. The fraction of sp³-hybridized carbons (Fsp3) is 1.00. The lowest BCUT2D eigenvalue weighted by Gasteiger charge is -2.33. The lowest BCUT2D eigenvalue weighted by Crippen LogP contribution is -2.41. The summed E-state index contributed by atoms with van der Waals surface area (Å²) in [5, 5.41) is 3.65. The molecule has 0 aromatic carbocycles. The molecule has 94 valence electrons. The molecule has 2 fully saturated rings. The van der Waals surface area contributed by atoms with E-state index in [1.807, 2.05) is 0 Å². The van der Waals surface area contributed by atoms with E-state index in [1.54, 1.807) is 0 Å². The molecule has 3 heteroatoms. The fourth-order valence-electron chi connectivity index (χ4n) is 2.80. The normalized spacial score (nSPS) is 32.8. The molecule has 0 bridgehead atoms. The Hall–Kier alpha value is 0.270. The Balaban J connectivity index is 1.59. The van der Waals surface area contributed by atoms with Crippen molar-refractivity contribution in [3.05, 3.63) is 0 Å². The highest BCUT2D eigenvalue weighted by molar-refractivity contribution is 7.99. The maximum atomic E-state index is 3.65. The van der Waals surface area contributed by atoms with E-state index in [9.17, 15) is 0 Å². The van der Waals surface area contributed by atoms with Crippen molar-refractivity contribution in [3.63, 3.8) is 0 Å². The molecule has 2 aliphatic rings. The monoisotopic (exact) mass is 242 g/mol. The molecule has 2 rings (SSSR count). The van der Waals surface area contributed by atoms with Gasteiger partial charge in [0.05, 0.1) is 0 Å². The molecule has 0 saturated carbocycles. The van der Waals surface area contributed by atoms with E-state index in [1.165, 1.54) is 63.2 Å². The number of thioether (sulfide) groups is 1. The van der Waals surface area contributed by atoms with E-state index in [0.717, 1.165) is 12.1 Å². The first kappa shape index (κ1) is 12.7. The molecule has 2 aliphatic heterocycles. The molecule has 16 heavy (non-hydrogen) atoms. The van der Waals surface area contributed by atoms with Gasteiger partial charge in [0.15, 0.2) is 0 Å². The van der Waals surface area contributed by atoms with Crippen LogP contribution >= 0.6 is 11.8 Å². The summed E-state index contributed by atoms with van der Waals surface area (Å²) >= 11 is 2.11. The predicted octanol–water partition coefficient (Wildman–Crippen LogP) is 2.35. The summed E-state index contributed by atoms with van der Waals surface area (Å²) in [6.07, 6.45) is 7.00. The molecule has 2 unspecified atom stereocenters. The standard InChI is InChI=1S/C13H26N2S/c1-12-11-16-10-9-15(12)8-4-6-13-5-2-3-7-14-13/h12-14H,2-11H2,1H3. The van der Waals surface area contributed by atoms with Crippen LogP contribution in [0, 0.1) is 0 Å². The van der Waals surface area contributed by atoms with Crippen LogP contribution in [0.3, 0.4) is 0 Å². The molecule has 2 heterocycles. The molecular weight excluding hydrogens is 216 g/mol. The minimum absolute atomic E-state index is 0.804. The number of nitrogens with one attached hydrogen (secondary N) is 1. The Morgan fingerprint density at radius 3 is 3.06 bits per heavy atom. The molecule has 0 spiro atoms. The Bertz CT molecular complexity index is 192. The highest BCUT2D eigenvalue weighted by Gasteiger charge is 2.18. The first-order chi connectivity index (χ1) is 7.86. The SMILES string of the molecule is CC1CSCCN1CCCC1CCCCN1. The van der Waals surface area contributed by atoms with Crippen molar-refractivity contribution in [2.45, 2.75) is 51.1 Å². The predicted molar refractivity (Wildman–Crippen MR) is 73.2 cm³/mol. The van der Waals surface area contributed by atoms with Crippen molar-refractivity contribution in [1.29, 1.82) is 0 Å². The maximum Gasteiger partial charge on any atom is 0.0158 e. The molecule has 0 aromatic rings. The van der Waals surface area contributed by atoms with Gasteiger partial charge in [-0.05, 0) is 45.7 Å². The van der Waals surface area contributed by atoms with E-state index < -0.39 is 0 Å². The summed E-state index contributed by atoms with van der Waals surface area (Å²) in [4.78, 5) is 2.68. The van der Waals surface area contributed by atoms with Crippen LogP contribution in [0.1, 0.15) is 39.0 Å². The number of nitrogens with zero attached hydrogens (tertiary/aromatic N) is 1. The van der Waals surface area contributed by atoms with Crippen molar-refractivity contribution in [2.75, 3.05) is 31.1 Å². The topological polar surface area (TPSA) is 15.3 Å². The zero-order valence-electron chi connectivity index (χ0n) is 10.6. The number of rotatable bonds is 4. The third-order valence-electron chi connectivity index (χ3n) is 3.92. The van der Waals surface area contributed by atoms with Gasteiger partial charge in [-0.25, -0.2) is 0 Å². The van der Waals surface area contributed by atoms with E-state index in [-0.39, 0.29) is 0 Å². The number of hydrogen-bond acceptors (Lipinski definition) is 3. The van der Waals surface area contributed by atoms with Gasteiger partial charge in [0.2, 0.25) is 0 Å². The average Bonchev–Trinajstić information content (AvgIpc) is 2.33. The minimum Gasteiger partial charge on any atom is -0.314 e. The molecule has 0 aliphatic carbocycles. The average molecular weight is 242 g/mol. The molecule has 2 saturated heterocycles. The van der Waals surface area contributed by atoms with Crippen LogP contribution in [-0.4, -0.2) is 48.1 Å². The quantitative estimate of drug-likeness (QED) is 0.815. The first-order valence-electron chi connectivity index (χ1n) is 6.91. The minimum atomic E-state index is 0.804. The Morgan fingerprint density at radius 2 is 2.31 bits per heavy atom. The molecule has 0 aromatic heterocycles. The fourth-order valence-corrected chi connectivity index (χ4v) is 3.89. The van der Waals surface area contributed by atoms with Crippen LogP contribution in [0.15, 0.2) is 0 Å². The number of hydrogen-bond donors (Lipinski definition) is 1. The van der Waals surface area contributed by atoms with Gasteiger partial charge in [0, 0.05) is 30.1 Å². The van der Waals surface area contributed by atoms with Crippen LogP contribution < -0.4 is 5.32 Å². The van der Waals surface area contributed by atoms with E-state index in [0.29, 0.717) is 0 Å². The lowest BCUT2D eigenvalue weighted by molar-refractivity contribution is 0.221. The highest BCUT2D eigenvalue weighted by Crippen LogP contribution is 2.17. The van der Waals surface area contributed by atoms with Gasteiger partial charge >= 0.3 is 0 Å². The highest BCUT2D eigenvalue weighted by atomic mass is 32.2. The van der Waals surface area contributed by atoms with Crippen molar-refractivity contribution >= 4 is 11.8 Å².